The van der Waals surface area contributed by atoms with Crippen LogP contribution in [0.15, 0.2) is 30.3 Å². The summed E-state index contributed by atoms with van der Waals surface area (Å²) in [7, 11) is 0. The third kappa shape index (κ3) is 2.98. The molecule has 0 heterocycles. The van der Waals surface area contributed by atoms with Crippen molar-refractivity contribution >= 4 is 25.5 Å². The molecule has 0 spiro atoms. The number of hydrogen-bond donors (Lipinski definition) is 0. The molecule has 0 unspecified atom stereocenters. The Morgan fingerprint density at radius 3 is 1.86 bits per heavy atom. The van der Waals surface area contributed by atoms with E-state index in [1.807, 2.05) is 0 Å². The van der Waals surface area contributed by atoms with E-state index in [1.165, 1.54) is 18.1 Å². The molecule has 0 radical (unpaired) electrons. The van der Waals surface area contributed by atoms with Crippen LogP contribution in [0.3, 0.4) is 0 Å². The molecule has 1 aromatic rings. The topological polar surface area (TPSA) is 0 Å². The van der Waals surface area contributed by atoms with E-state index >= 15 is 0 Å². The first-order chi connectivity index (χ1) is 6.76. The third-order valence-corrected chi connectivity index (χ3v) is 17.8. The molecule has 0 atom stereocenters. The van der Waals surface area contributed by atoms with Crippen LogP contribution in [0.5, 0.6) is 0 Å². The van der Waals surface area contributed by atoms with Crippen LogP contribution >= 0.6 is 0 Å². The fraction of sp³-hybridized carbons (Fsp3) is 0.500. The fourth-order valence-corrected chi connectivity index (χ4v) is 11.3. The van der Waals surface area contributed by atoms with Gasteiger partial charge in [0.2, 0.25) is 0 Å². The van der Waals surface area contributed by atoms with Crippen LogP contribution in [0, 0.1) is 0 Å². The molecule has 0 N–H and O–H groups in total. The van der Waals surface area contributed by atoms with Crippen LogP contribution in [-0.2, 0) is 0 Å². The van der Waals surface area contributed by atoms with Crippen molar-refractivity contribution in [1.29, 1.82) is 0 Å². The van der Waals surface area contributed by atoms with E-state index in [0.29, 0.717) is 0 Å². The van der Waals surface area contributed by atoms with Gasteiger partial charge < -0.3 is 0 Å². The second-order valence-corrected chi connectivity index (χ2v) is 16.1. The molecule has 0 aliphatic carbocycles. The van der Waals surface area contributed by atoms with E-state index in [9.17, 15) is 0 Å². The van der Waals surface area contributed by atoms with Crippen LogP contribution in [0.2, 0.25) is 18.1 Å². The molecule has 0 aliphatic heterocycles. The Labute approximate surface area is 94.7 Å². The fourth-order valence-electron chi connectivity index (χ4n) is 1.71. The van der Waals surface area contributed by atoms with Gasteiger partial charge in [-0.05, 0) is 0 Å². The van der Waals surface area contributed by atoms with E-state index in [4.69, 9.17) is 0 Å². The predicted octanol–water partition coefficient (Wildman–Crippen LogP) is 3.02. The standard InChI is InChI=1S/C12H20SeSi/c1-4-14(5-2,6-3)13-12-10-8-7-9-11-12/h7-11H,4-6H2,1-3H3. The monoisotopic (exact) mass is 272 g/mol. The Hall–Kier alpha value is -0.0436. The summed E-state index contributed by atoms with van der Waals surface area (Å²) in [5.41, 5.74) is 0. The van der Waals surface area contributed by atoms with Gasteiger partial charge in [0.05, 0.1) is 0 Å². The van der Waals surface area contributed by atoms with E-state index in [-0.39, 0.29) is 0 Å². The van der Waals surface area contributed by atoms with Gasteiger partial charge in [-0.2, -0.15) is 0 Å². The molecule has 0 saturated heterocycles. The van der Waals surface area contributed by atoms with Gasteiger partial charge in [0.1, 0.15) is 0 Å². The molecule has 0 nitrogen and oxygen atoms in total. The predicted molar refractivity (Wildman–Crippen MR) is 69.0 cm³/mol. The summed E-state index contributed by atoms with van der Waals surface area (Å²) in [6.07, 6.45) is 0. The molecular formula is C12H20SeSi. The molecule has 0 saturated carbocycles. The summed E-state index contributed by atoms with van der Waals surface area (Å²) in [4.78, 5) is 0. The molecule has 0 fully saturated rings. The Bertz CT molecular complexity index is 246. The molecule has 1 aromatic carbocycles. The Balaban J connectivity index is 2.74. The van der Waals surface area contributed by atoms with Crippen LogP contribution in [0.1, 0.15) is 20.8 Å². The second kappa shape index (κ2) is 5.74. The first-order valence-corrected chi connectivity index (χ1v) is 11.5. The van der Waals surface area contributed by atoms with Crippen molar-refractivity contribution < 1.29 is 0 Å². The first-order valence-electron chi connectivity index (χ1n) is 5.50. The van der Waals surface area contributed by atoms with E-state index in [0.717, 1.165) is 14.3 Å². The first kappa shape index (κ1) is 12.0. The quantitative estimate of drug-likeness (QED) is 0.722. The molecule has 0 aromatic heterocycles. The third-order valence-electron chi connectivity index (χ3n) is 3.01. The number of rotatable bonds is 5. The molecular weight excluding hydrogens is 251 g/mol. The summed E-state index contributed by atoms with van der Waals surface area (Å²) < 4.78 is 1.61. The van der Waals surface area contributed by atoms with E-state index in [1.54, 1.807) is 4.46 Å². The van der Waals surface area contributed by atoms with Crippen LogP contribution in [-0.4, -0.2) is 21.0 Å². The molecule has 1 rings (SSSR count). The van der Waals surface area contributed by atoms with Gasteiger partial charge in [-0.3, -0.25) is 0 Å². The van der Waals surface area contributed by atoms with Gasteiger partial charge in [-0.25, -0.2) is 0 Å². The number of hydrogen-bond acceptors (Lipinski definition) is 0. The molecule has 0 bridgehead atoms. The van der Waals surface area contributed by atoms with Gasteiger partial charge in [-0.1, -0.05) is 0 Å². The summed E-state index contributed by atoms with van der Waals surface area (Å²) in [5, 5.41) is 0. The van der Waals surface area contributed by atoms with E-state index < -0.39 is 6.68 Å². The van der Waals surface area contributed by atoms with Gasteiger partial charge >= 0.3 is 94.7 Å². The average Bonchev–Trinajstić information content (AvgIpc) is 2.28. The van der Waals surface area contributed by atoms with Gasteiger partial charge in [-0.15, -0.1) is 0 Å². The van der Waals surface area contributed by atoms with Gasteiger partial charge in [0.25, 0.3) is 0 Å². The zero-order valence-electron chi connectivity index (χ0n) is 9.42. The molecule has 0 amide bonds. The van der Waals surface area contributed by atoms with Crippen molar-refractivity contribution in [2.45, 2.75) is 38.9 Å². The minimum atomic E-state index is -0.896. The van der Waals surface area contributed by atoms with E-state index in [2.05, 4.69) is 51.1 Å². The van der Waals surface area contributed by atoms with Crippen molar-refractivity contribution in [2.24, 2.45) is 0 Å². The van der Waals surface area contributed by atoms with Crippen molar-refractivity contribution in [3.05, 3.63) is 30.3 Å². The average molecular weight is 271 g/mol. The second-order valence-electron chi connectivity index (χ2n) is 3.66. The molecule has 0 aliphatic rings. The Morgan fingerprint density at radius 1 is 0.929 bits per heavy atom. The summed E-state index contributed by atoms with van der Waals surface area (Å²) in [6, 6.07) is 15.4. The summed E-state index contributed by atoms with van der Waals surface area (Å²) in [5.74, 6) is 0. The van der Waals surface area contributed by atoms with Crippen molar-refractivity contribution in [1.82, 2.24) is 0 Å². The Morgan fingerprint density at radius 2 is 1.43 bits per heavy atom. The molecule has 78 valence electrons. The van der Waals surface area contributed by atoms with Crippen molar-refractivity contribution in [3.63, 3.8) is 0 Å². The SMILES string of the molecule is CC[Si](CC)(CC)[Se]c1ccccc1. The summed E-state index contributed by atoms with van der Waals surface area (Å²) >= 11 is 0.770. The maximum absolute atomic E-state index is 2.39. The van der Waals surface area contributed by atoms with Crippen molar-refractivity contribution in [2.75, 3.05) is 0 Å². The van der Waals surface area contributed by atoms with Crippen LogP contribution in [0.4, 0.5) is 0 Å². The van der Waals surface area contributed by atoms with Crippen LogP contribution < -0.4 is 4.46 Å². The van der Waals surface area contributed by atoms with Gasteiger partial charge in [0, 0.05) is 0 Å². The molecule has 14 heavy (non-hydrogen) atoms. The minimum absolute atomic E-state index is 0.770. The summed E-state index contributed by atoms with van der Waals surface area (Å²) in [6.45, 7) is 6.28. The van der Waals surface area contributed by atoms with Gasteiger partial charge in [0.15, 0.2) is 0 Å². The maximum atomic E-state index is 2.39. The zero-order chi connectivity index (χ0) is 10.4. The normalized spacial score (nSPS) is 11.6. The number of benzene rings is 1. The molecule has 2 heteroatoms. The Kier molecular flexibility index (Phi) is 4.94. The zero-order valence-corrected chi connectivity index (χ0v) is 12.1. The van der Waals surface area contributed by atoms with Crippen LogP contribution in [0.25, 0.3) is 0 Å². The van der Waals surface area contributed by atoms with Crippen molar-refractivity contribution in [3.8, 4) is 0 Å².